The van der Waals surface area contributed by atoms with Crippen LogP contribution in [0.25, 0.3) is 21.3 Å². The summed E-state index contributed by atoms with van der Waals surface area (Å²) in [4.78, 5) is 24.4. The van der Waals surface area contributed by atoms with Gasteiger partial charge in [-0.25, -0.2) is 9.97 Å². The van der Waals surface area contributed by atoms with Crippen molar-refractivity contribution in [1.29, 1.82) is 0 Å². The van der Waals surface area contributed by atoms with Gasteiger partial charge in [0, 0.05) is 5.56 Å². The fourth-order valence-electron chi connectivity index (χ4n) is 2.61. The van der Waals surface area contributed by atoms with E-state index < -0.39 is 0 Å². The number of thiazole rings is 1. The molecule has 1 amide bonds. The summed E-state index contributed by atoms with van der Waals surface area (Å²) < 4.78 is 0.900. The standard InChI is InChI=1S/C17H15N5OS/c1-9(15-20-11-4-2-3-5-12(11)21-15)19-16(23)10-6-7-13-14(8-10)24-17(18)22-13/h2-9H,1H3,(H2,18,22)(H,19,23)(H,20,21). The van der Waals surface area contributed by atoms with Crippen molar-refractivity contribution in [2.45, 2.75) is 13.0 Å². The molecule has 7 heteroatoms. The molecule has 0 saturated carbocycles. The van der Waals surface area contributed by atoms with Crippen molar-refractivity contribution in [2.24, 2.45) is 0 Å². The number of amides is 1. The number of nitrogen functional groups attached to an aromatic ring is 1. The highest BCUT2D eigenvalue weighted by molar-refractivity contribution is 7.22. The summed E-state index contributed by atoms with van der Waals surface area (Å²) in [5.41, 5.74) is 8.93. The number of aromatic amines is 1. The zero-order valence-corrected chi connectivity index (χ0v) is 13.7. The summed E-state index contributed by atoms with van der Waals surface area (Å²) in [7, 11) is 0. The summed E-state index contributed by atoms with van der Waals surface area (Å²) in [6, 6.07) is 12.9. The molecule has 2 heterocycles. The second-order valence-corrected chi connectivity index (χ2v) is 6.63. The number of nitrogens with one attached hydrogen (secondary N) is 2. The van der Waals surface area contributed by atoms with E-state index in [-0.39, 0.29) is 11.9 Å². The van der Waals surface area contributed by atoms with Crippen LogP contribution in [0.4, 0.5) is 5.13 Å². The molecular weight excluding hydrogens is 322 g/mol. The SMILES string of the molecule is CC(NC(=O)c1ccc2nc(N)sc2c1)c1nc2ccccc2[nH]1. The van der Waals surface area contributed by atoms with Gasteiger partial charge in [-0.1, -0.05) is 23.5 Å². The molecule has 0 spiro atoms. The number of benzene rings is 2. The van der Waals surface area contributed by atoms with E-state index in [1.165, 1.54) is 11.3 Å². The van der Waals surface area contributed by atoms with Gasteiger partial charge in [-0.2, -0.15) is 0 Å². The minimum atomic E-state index is -0.230. The number of imidazole rings is 1. The van der Waals surface area contributed by atoms with E-state index in [1.54, 1.807) is 6.07 Å². The molecule has 1 unspecified atom stereocenters. The average molecular weight is 337 g/mol. The normalized spacial score (nSPS) is 12.5. The molecule has 0 fully saturated rings. The third kappa shape index (κ3) is 2.59. The van der Waals surface area contributed by atoms with E-state index in [1.807, 2.05) is 43.3 Å². The van der Waals surface area contributed by atoms with Gasteiger partial charge >= 0.3 is 0 Å². The Labute approximate surface area is 141 Å². The number of nitrogens with two attached hydrogens (primary N) is 1. The zero-order valence-electron chi connectivity index (χ0n) is 12.9. The second-order valence-electron chi connectivity index (χ2n) is 5.57. The number of hydrogen-bond donors (Lipinski definition) is 3. The molecule has 2 aromatic carbocycles. The van der Waals surface area contributed by atoms with Crippen molar-refractivity contribution in [1.82, 2.24) is 20.3 Å². The summed E-state index contributed by atoms with van der Waals surface area (Å²) in [5, 5.41) is 3.46. The lowest BCUT2D eigenvalue weighted by atomic mass is 10.2. The zero-order chi connectivity index (χ0) is 16.7. The van der Waals surface area contributed by atoms with Crippen molar-refractivity contribution in [3.8, 4) is 0 Å². The molecular formula is C17H15N5OS. The molecule has 120 valence electrons. The predicted molar refractivity (Wildman–Crippen MR) is 96.0 cm³/mol. The lowest BCUT2D eigenvalue weighted by Crippen LogP contribution is -2.27. The van der Waals surface area contributed by atoms with Gasteiger partial charge in [0.25, 0.3) is 5.91 Å². The van der Waals surface area contributed by atoms with E-state index in [4.69, 9.17) is 5.73 Å². The lowest BCUT2D eigenvalue weighted by Gasteiger charge is -2.11. The van der Waals surface area contributed by atoms with Crippen LogP contribution < -0.4 is 11.1 Å². The first-order valence-corrected chi connectivity index (χ1v) is 8.33. The largest absolute Gasteiger partial charge is 0.375 e. The topological polar surface area (TPSA) is 96.7 Å². The lowest BCUT2D eigenvalue weighted by molar-refractivity contribution is 0.0938. The Hall–Kier alpha value is -2.93. The van der Waals surface area contributed by atoms with E-state index in [2.05, 4.69) is 20.3 Å². The van der Waals surface area contributed by atoms with Crippen LogP contribution in [-0.2, 0) is 0 Å². The molecule has 0 saturated heterocycles. The van der Waals surface area contributed by atoms with Crippen LogP contribution >= 0.6 is 11.3 Å². The monoisotopic (exact) mass is 337 g/mol. The highest BCUT2D eigenvalue weighted by Gasteiger charge is 2.15. The summed E-state index contributed by atoms with van der Waals surface area (Å²) in [5.74, 6) is 0.574. The van der Waals surface area contributed by atoms with Gasteiger partial charge in [-0.05, 0) is 37.3 Å². The van der Waals surface area contributed by atoms with Crippen LogP contribution in [0.2, 0.25) is 0 Å². The first-order chi connectivity index (χ1) is 11.6. The van der Waals surface area contributed by atoms with Gasteiger partial charge in [-0.15, -0.1) is 0 Å². The van der Waals surface area contributed by atoms with Crippen molar-refractivity contribution in [3.05, 3.63) is 53.9 Å². The molecule has 0 bridgehead atoms. The van der Waals surface area contributed by atoms with Crippen molar-refractivity contribution >= 4 is 43.6 Å². The molecule has 6 nitrogen and oxygen atoms in total. The van der Waals surface area contributed by atoms with Crippen LogP contribution in [0.1, 0.15) is 29.1 Å². The van der Waals surface area contributed by atoms with Crippen molar-refractivity contribution in [3.63, 3.8) is 0 Å². The number of carbonyl (C=O) groups excluding carboxylic acids is 1. The molecule has 4 rings (SSSR count). The second kappa shape index (κ2) is 5.61. The van der Waals surface area contributed by atoms with Crippen molar-refractivity contribution in [2.75, 3.05) is 5.73 Å². The molecule has 0 radical (unpaired) electrons. The third-order valence-electron chi connectivity index (χ3n) is 3.83. The van der Waals surface area contributed by atoms with Gasteiger partial charge in [0.15, 0.2) is 5.13 Å². The number of H-pyrrole nitrogens is 1. The average Bonchev–Trinajstić information content (AvgIpc) is 3.15. The Balaban J connectivity index is 1.57. The molecule has 4 aromatic rings. The van der Waals surface area contributed by atoms with Gasteiger partial charge in [0.2, 0.25) is 0 Å². The molecule has 2 aromatic heterocycles. The molecule has 4 N–H and O–H groups in total. The highest BCUT2D eigenvalue weighted by Crippen LogP contribution is 2.25. The number of para-hydroxylation sites is 2. The number of anilines is 1. The molecule has 1 atom stereocenters. The maximum atomic E-state index is 12.5. The Morgan fingerprint density at radius 1 is 1.21 bits per heavy atom. The Morgan fingerprint density at radius 2 is 2.04 bits per heavy atom. The van der Waals surface area contributed by atoms with E-state index in [0.29, 0.717) is 10.7 Å². The van der Waals surface area contributed by atoms with Crippen LogP contribution in [0.3, 0.4) is 0 Å². The number of nitrogens with zero attached hydrogens (tertiary/aromatic N) is 2. The Kier molecular flexibility index (Phi) is 3.42. The van der Waals surface area contributed by atoms with Crippen LogP contribution in [-0.4, -0.2) is 20.9 Å². The number of aromatic nitrogens is 3. The van der Waals surface area contributed by atoms with E-state index in [9.17, 15) is 4.79 Å². The number of hydrogen-bond acceptors (Lipinski definition) is 5. The van der Waals surface area contributed by atoms with Crippen LogP contribution in [0.5, 0.6) is 0 Å². The highest BCUT2D eigenvalue weighted by atomic mass is 32.1. The Bertz CT molecular complexity index is 1020. The number of rotatable bonds is 3. The van der Waals surface area contributed by atoms with E-state index in [0.717, 1.165) is 27.1 Å². The van der Waals surface area contributed by atoms with Crippen LogP contribution in [0, 0.1) is 0 Å². The first-order valence-electron chi connectivity index (χ1n) is 7.52. The van der Waals surface area contributed by atoms with Crippen molar-refractivity contribution < 1.29 is 4.79 Å². The van der Waals surface area contributed by atoms with Crippen LogP contribution in [0.15, 0.2) is 42.5 Å². The molecule has 0 aliphatic carbocycles. The Morgan fingerprint density at radius 3 is 2.88 bits per heavy atom. The van der Waals surface area contributed by atoms with Gasteiger partial charge in [0.1, 0.15) is 5.82 Å². The maximum absolute atomic E-state index is 12.5. The maximum Gasteiger partial charge on any atom is 0.251 e. The molecule has 0 aliphatic heterocycles. The number of fused-ring (bicyclic) bond motifs is 2. The first kappa shape index (κ1) is 14.6. The minimum Gasteiger partial charge on any atom is -0.375 e. The van der Waals surface area contributed by atoms with E-state index >= 15 is 0 Å². The summed E-state index contributed by atoms with van der Waals surface area (Å²) in [6.07, 6.45) is 0. The summed E-state index contributed by atoms with van der Waals surface area (Å²) in [6.45, 7) is 1.90. The number of carbonyl (C=O) groups is 1. The fraction of sp³-hybridized carbons (Fsp3) is 0.118. The summed E-state index contributed by atoms with van der Waals surface area (Å²) >= 11 is 1.37. The molecule has 0 aliphatic rings. The smallest absolute Gasteiger partial charge is 0.251 e. The van der Waals surface area contributed by atoms with Gasteiger partial charge < -0.3 is 16.0 Å². The third-order valence-corrected chi connectivity index (χ3v) is 4.68. The minimum absolute atomic E-state index is 0.156. The van der Waals surface area contributed by atoms with Gasteiger partial charge in [-0.3, -0.25) is 4.79 Å². The molecule has 24 heavy (non-hydrogen) atoms. The quantitative estimate of drug-likeness (QED) is 0.534. The predicted octanol–water partition coefficient (Wildman–Crippen LogP) is 3.25. The fourth-order valence-corrected chi connectivity index (χ4v) is 3.38. The van der Waals surface area contributed by atoms with Gasteiger partial charge in [0.05, 0.1) is 27.3 Å².